The number of hydrogen-bond acceptors (Lipinski definition) is 7. The first-order valence-corrected chi connectivity index (χ1v) is 10.9. The lowest BCUT2D eigenvalue weighted by Gasteiger charge is -2.36. The maximum atomic E-state index is 13.2. The average Bonchev–Trinajstić information content (AvgIpc) is 3.18. The molecule has 9 heteroatoms. The molecule has 4 rings (SSSR count). The summed E-state index contributed by atoms with van der Waals surface area (Å²) in [5.74, 6) is 0.752. The molecule has 1 aromatic heterocycles. The molecule has 0 spiro atoms. The monoisotopic (exact) mass is 449 g/mol. The normalized spacial score (nSPS) is 18.3. The number of hydrogen-bond donors (Lipinski definition) is 0. The van der Waals surface area contributed by atoms with E-state index >= 15 is 0 Å². The highest BCUT2D eigenvalue weighted by Crippen LogP contribution is 2.27. The summed E-state index contributed by atoms with van der Waals surface area (Å²) >= 11 is 0. The third-order valence-electron chi connectivity index (χ3n) is 6.01. The number of ether oxygens (including phenoxy) is 2. The van der Waals surface area contributed by atoms with E-state index in [1.165, 1.54) is 4.90 Å². The molecule has 2 aliphatic rings. The Morgan fingerprint density at radius 3 is 2.67 bits per heavy atom. The number of carbonyl (C=O) groups is 2. The van der Waals surface area contributed by atoms with E-state index in [0.717, 1.165) is 16.9 Å². The molecule has 2 fully saturated rings. The Kier molecular flexibility index (Phi) is 6.47. The first-order chi connectivity index (χ1) is 15.9. The van der Waals surface area contributed by atoms with Gasteiger partial charge < -0.3 is 19.3 Å². The van der Waals surface area contributed by atoms with Crippen LogP contribution in [0.4, 0.5) is 16.3 Å². The van der Waals surface area contributed by atoms with Gasteiger partial charge in [0.25, 0.3) is 5.91 Å². The van der Waals surface area contributed by atoms with Gasteiger partial charge in [-0.25, -0.2) is 9.78 Å². The van der Waals surface area contributed by atoms with Crippen molar-refractivity contribution in [3.05, 3.63) is 52.7 Å². The Morgan fingerprint density at radius 1 is 1.24 bits per heavy atom. The number of nitriles is 1. The van der Waals surface area contributed by atoms with E-state index in [1.807, 2.05) is 20.0 Å². The zero-order chi connectivity index (χ0) is 23.5. The Balaban J connectivity index is 1.49. The molecule has 0 aliphatic carbocycles. The number of methoxy groups -OCH3 is 1. The zero-order valence-corrected chi connectivity index (χ0v) is 19.1. The Hall–Kier alpha value is -3.64. The number of aryl methyl sites for hydroxylation is 2. The maximum Gasteiger partial charge on any atom is 0.414 e. The molecule has 3 heterocycles. The van der Waals surface area contributed by atoms with Gasteiger partial charge in [0.1, 0.15) is 18.5 Å². The van der Waals surface area contributed by atoms with Gasteiger partial charge in [0.2, 0.25) is 0 Å². The summed E-state index contributed by atoms with van der Waals surface area (Å²) in [5.41, 5.74) is 3.30. The number of pyridine rings is 1. The number of aromatic nitrogens is 1. The third kappa shape index (κ3) is 4.47. The predicted octanol–water partition coefficient (Wildman–Crippen LogP) is 2.50. The number of piperazine rings is 1. The van der Waals surface area contributed by atoms with Gasteiger partial charge in [-0.1, -0.05) is 6.07 Å². The Morgan fingerprint density at radius 2 is 2.00 bits per heavy atom. The van der Waals surface area contributed by atoms with Gasteiger partial charge in [0.15, 0.2) is 0 Å². The summed E-state index contributed by atoms with van der Waals surface area (Å²) in [4.78, 5) is 35.4. The SMILES string of the molecule is COCC1COC(=O)N1c1ccc(C(=O)N2CCN(c3ncc(C)cc3C)CC2)c(C#N)c1. The topological polar surface area (TPSA) is 99.0 Å². The number of cyclic esters (lactones) is 1. The molecule has 1 unspecified atom stereocenters. The van der Waals surface area contributed by atoms with E-state index in [1.54, 1.807) is 30.2 Å². The van der Waals surface area contributed by atoms with Crippen LogP contribution in [0.1, 0.15) is 27.0 Å². The van der Waals surface area contributed by atoms with Crippen molar-refractivity contribution in [1.82, 2.24) is 9.88 Å². The molecule has 2 aromatic rings. The van der Waals surface area contributed by atoms with E-state index in [-0.39, 0.29) is 24.1 Å². The second-order valence-corrected chi connectivity index (χ2v) is 8.33. The molecule has 2 amide bonds. The van der Waals surface area contributed by atoms with Crippen LogP contribution >= 0.6 is 0 Å². The third-order valence-corrected chi connectivity index (χ3v) is 6.01. The van der Waals surface area contributed by atoms with Crippen LogP contribution in [-0.2, 0) is 9.47 Å². The van der Waals surface area contributed by atoms with Crippen LogP contribution in [0.5, 0.6) is 0 Å². The lowest BCUT2D eigenvalue weighted by atomic mass is 10.0. The van der Waals surface area contributed by atoms with E-state index in [0.29, 0.717) is 44.0 Å². The number of amides is 2. The lowest BCUT2D eigenvalue weighted by Crippen LogP contribution is -2.49. The minimum atomic E-state index is -0.490. The van der Waals surface area contributed by atoms with Gasteiger partial charge in [-0.2, -0.15) is 5.26 Å². The second kappa shape index (κ2) is 9.46. The molecule has 33 heavy (non-hydrogen) atoms. The Labute approximate surface area is 193 Å². The highest BCUT2D eigenvalue weighted by molar-refractivity contribution is 5.98. The number of anilines is 2. The molecule has 1 aromatic carbocycles. The molecule has 172 valence electrons. The molecule has 9 nitrogen and oxygen atoms in total. The minimum Gasteiger partial charge on any atom is -0.447 e. The first kappa shape index (κ1) is 22.6. The zero-order valence-electron chi connectivity index (χ0n) is 19.1. The van der Waals surface area contributed by atoms with Crippen molar-refractivity contribution in [3.63, 3.8) is 0 Å². The van der Waals surface area contributed by atoms with Gasteiger partial charge in [0.05, 0.1) is 23.8 Å². The second-order valence-electron chi connectivity index (χ2n) is 8.33. The number of rotatable bonds is 5. The summed E-state index contributed by atoms with van der Waals surface area (Å²) in [6.07, 6.45) is 1.37. The summed E-state index contributed by atoms with van der Waals surface area (Å²) in [6, 6.07) is 8.80. The molecule has 2 saturated heterocycles. The highest BCUT2D eigenvalue weighted by atomic mass is 16.6. The summed E-state index contributed by atoms with van der Waals surface area (Å²) in [6.45, 7) is 7.00. The predicted molar refractivity (Wildman–Crippen MR) is 122 cm³/mol. The van der Waals surface area contributed by atoms with Gasteiger partial charge in [-0.05, 0) is 43.2 Å². The largest absolute Gasteiger partial charge is 0.447 e. The van der Waals surface area contributed by atoms with Gasteiger partial charge in [-0.15, -0.1) is 0 Å². The first-order valence-electron chi connectivity index (χ1n) is 10.9. The van der Waals surface area contributed by atoms with E-state index < -0.39 is 6.09 Å². The highest BCUT2D eigenvalue weighted by Gasteiger charge is 2.35. The fourth-order valence-corrected chi connectivity index (χ4v) is 4.38. The van der Waals surface area contributed by atoms with Crippen molar-refractivity contribution in [2.75, 3.05) is 56.3 Å². The van der Waals surface area contributed by atoms with Crippen LogP contribution in [0, 0.1) is 25.2 Å². The number of nitrogens with zero attached hydrogens (tertiary/aromatic N) is 5. The number of carbonyl (C=O) groups excluding carboxylic acids is 2. The fraction of sp³-hybridized carbons (Fsp3) is 0.417. The molecule has 2 aliphatic heterocycles. The van der Waals surface area contributed by atoms with Crippen LogP contribution in [0.2, 0.25) is 0 Å². The van der Waals surface area contributed by atoms with Crippen LogP contribution in [0.3, 0.4) is 0 Å². The standard InChI is InChI=1S/C24H27N5O4/c1-16-10-17(2)22(26-13-16)27-6-8-28(9-7-27)23(30)21-5-4-19(11-18(21)12-25)29-20(14-32-3)15-33-24(29)31/h4-5,10-11,13,20H,6-9,14-15H2,1-3H3. The summed E-state index contributed by atoms with van der Waals surface area (Å²) < 4.78 is 10.3. The Bertz CT molecular complexity index is 1100. The fourth-order valence-electron chi connectivity index (χ4n) is 4.38. The van der Waals surface area contributed by atoms with Crippen molar-refractivity contribution < 1.29 is 19.1 Å². The van der Waals surface area contributed by atoms with E-state index in [4.69, 9.17) is 9.47 Å². The van der Waals surface area contributed by atoms with Crippen LogP contribution in [0.25, 0.3) is 0 Å². The smallest absolute Gasteiger partial charge is 0.414 e. The molecule has 0 bridgehead atoms. The molecule has 0 saturated carbocycles. The molecular weight excluding hydrogens is 422 g/mol. The van der Waals surface area contributed by atoms with Crippen molar-refractivity contribution in [1.29, 1.82) is 5.26 Å². The van der Waals surface area contributed by atoms with Crippen LogP contribution < -0.4 is 9.80 Å². The van der Waals surface area contributed by atoms with Gasteiger partial charge in [0, 0.05) is 45.2 Å². The lowest BCUT2D eigenvalue weighted by molar-refractivity contribution is 0.0746. The molecule has 1 atom stereocenters. The van der Waals surface area contributed by atoms with Crippen molar-refractivity contribution in [2.24, 2.45) is 0 Å². The van der Waals surface area contributed by atoms with E-state index in [9.17, 15) is 14.9 Å². The van der Waals surface area contributed by atoms with Gasteiger partial charge in [-0.3, -0.25) is 9.69 Å². The van der Waals surface area contributed by atoms with Gasteiger partial charge >= 0.3 is 6.09 Å². The summed E-state index contributed by atoms with van der Waals surface area (Å²) in [5, 5.41) is 9.72. The molecule has 0 N–H and O–H groups in total. The maximum absolute atomic E-state index is 13.2. The average molecular weight is 450 g/mol. The summed E-state index contributed by atoms with van der Waals surface area (Å²) in [7, 11) is 1.55. The molecule has 0 radical (unpaired) electrons. The van der Waals surface area contributed by atoms with Crippen LogP contribution in [-0.4, -0.2) is 74.4 Å². The number of benzene rings is 1. The van der Waals surface area contributed by atoms with Crippen LogP contribution in [0.15, 0.2) is 30.5 Å². The van der Waals surface area contributed by atoms with E-state index in [2.05, 4.69) is 22.0 Å². The quantitative estimate of drug-likeness (QED) is 0.692. The van der Waals surface area contributed by atoms with Crippen molar-refractivity contribution >= 4 is 23.5 Å². The van der Waals surface area contributed by atoms with Crippen molar-refractivity contribution in [2.45, 2.75) is 19.9 Å². The minimum absolute atomic E-state index is 0.191. The van der Waals surface area contributed by atoms with Crippen molar-refractivity contribution in [3.8, 4) is 6.07 Å². The molecular formula is C24H27N5O4.